The van der Waals surface area contributed by atoms with E-state index < -0.39 is 0 Å². The predicted octanol–water partition coefficient (Wildman–Crippen LogP) is 4.14. The summed E-state index contributed by atoms with van der Waals surface area (Å²) in [7, 11) is 0. The van der Waals surface area contributed by atoms with Gasteiger partial charge in [0.05, 0.1) is 0 Å². The Morgan fingerprint density at radius 2 is 1.95 bits per heavy atom. The van der Waals surface area contributed by atoms with Crippen molar-refractivity contribution in [1.82, 2.24) is 19.7 Å². The Labute approximate surface area is 124 Å². The van der Waals surface area contributed by atoms with Crippen LogP contribution in [0.1, 0.15) is 45.1 Å². The van der Waals surface area contributed by atoms with Gasteiger partial charge in [-0.15, -0.1) is 0 Å². The quantitative estimate of drug-likeness (QED) is 0.863. The summed E-state index contributed by atoms with van der Waals surface area (Å²) in [6.45, 7) is 2.29. The molecule has 0 spiro atoms. The highest BCUT2D eigenvalue weighted by Gasteiger charge is 2.24. The fraction of sp³-hybridized carbons (Fsp3) is 0.533. The maximum Gasteiger partial charge on any atom is 0.195 e. The van der Waals surface area contributed by atoms with Crippen molar-refractivity contribution >= 4 is 12.2 Å². The SMILES string of the molecule is CCC1CCC(n2c(-c3ccncc3)n[nH]c2=S)CC1. The summed E-state index contributed by atoms with van der Waals surface area (Å²) < 4.78 is 2.94. The van der Waals surface area contributed by atoms with Crippen LogP contribution in [0.25, 0.3) is 11.4 Å². The third-order valence-corrected chi connectivity index (χ3v) is 4.69. The largest absolute Gasteiger partial charge is 0.297 e. The number of nitrogens with one attached hydrogen (secondary N) is 1. The molecule has 20 heavy (non-hydrogen) atoms. The third kappa shape index (κ3) is 2.54. The molecule has 4 nitrogen and oxygen atoms in total. The van der Waals surface area contributed by atoms with Crippen LogP contribution in [0.3, 0.4) is 0 Å². The van der Waals surface area contributed by atoms with Crippen LogP contribution in [0.2, 0.25) is 0 Å². The standard InChI is InChI=1S/C15H20N4S/c1-2-11-3-5-13(6-4-11)19-14(17-18-15(19)20)12-7-9-16-10-8-12/h7-11,13H,2-6H2,1H3,(H,18,20). The first-order valence-electron chi connectivity index (χ1n) is 7.37. The summed E-state index contributed by atoms with van der Waals surface area (Å²) >= 11 is 5.44. The number of H-pyrrole nitrogens is 1. The summed E-state index contributed by atoms with van der Waals surface area (Å²) in [5.41, 5.74) is 1.07. The van der Waals surface area contributed by atoms with Crippen LogP contribution in [0.5, 0.6) is 0 Å². The topological polar surface area (TPSA) is 46.5 Å². The smallest absolute Gasteiger partial charge is 0.195 e. The lowest BCUT2D eigenvalue weighted by molar-refractivity contribution is 0.269. The van der Waals surface area contributed by atoms with Gasteiger partial charge in [-0.1, -0.05) is 13.3 Å². The van der Waals surface area contributed by atoms with Gasteiger partial charge >= 0.3 is 0 Å². The summed E-state index contributed by atoms with van der Waals surface area (Å²) in [5, 5.41) is 7.37. The van der Waals surface area contributed by atoms with Gasteiger partial charge in [0.1, 0.15) is 0 Å². The molecule has 2 aromatic heterocycles. The predicted molar refractivity (Wildman–Crippen MR) is 81.9 cm³/mol. The van der Waals surface area contributed by atoms with Crippen LogP contribution in [-0.4, -0.2) is 19.7 Å². The second-order valence-corrected chi connectivity index (χ2v) is 5.93. The Bertz CT molecular complexity index is 608. The molecule has 1 fully saturated rings. The normalized spacial score (nSPS) is 22.9. The highest BCUT2D eigenvalue weighted by Crippen LogP contribution is 2.35. The molecule has 1 aliphatic carbocycles. The lowest BCUT2D eigenvalue weighted by atomic mass is 9.84. The molecule has 5 heteroatoms. The molecule has 0 radical (unpaired) electrons. The lowest BCUT2D eigenvalue weighted by Gasteiger charge is -2.29. The van der Waals surface area contributed by atoms with E-state index in [-0.39, 0.29) is 0 Å². The second-order valence-electron chi connectivity index (χ2n) is 5.54. The highest BCUT2D eigenvalue weighted by atomic mass is 32.1. The maximum atomic E-state index is 5.44. The number of pyridine rings is 1. The zero-order chi connectivity index (χ0) is 13.9. The van der Waals surface area contributed by atoms with E-state index in [4.69, 9.17) is 12.2 Å². The monoisotopic (exact) mass is 288 g/mol. The molecule has 3 rings (SSSR count). The Morgan fingerprint density at radius 3 is 2.60 bits per heavy atom. The van der Waals surface area contributed by atoms with Gasteiger partial charge < -0.3 is 0 Å². The number of aromatic nitrogens is 4. The molecular formula is C15H20N4S. The molecule has 0 saturated heterocycles. The van der Waals surface area contributed by atoms with Gasteiger partial charge in [-0.25, -0.2) is 0 Å². The van der Waals surface area contributed by atoms with Crippen molar-refractivity contribution in [3.8, 4) is 11.4 Å². The third-order valence-electron chi connectivity index (χ3n) is 4.40. The molecule has 1 saturated carbocycles. The first-order chi connectivity index (χ1) is 9.79. The minimum absolute atomic E-state index is 0.479. The van der Waals surface area contributed by atoms with E-state index in [1.165, 1.54) is 32.1 Å². The molecule has 2 aromatic rings. The average molecular weight is 288 g/mol. The molecule has 1 N–H and O–H groups in total. The van der Waals surface area contributed by atoms with E-state index >= 15 is 0 Å². The second kappa shape index (κ2) is 5.87. The zero-order valence-electron chi connectivity index (χ0n) is 11.7. The van der Waals surface area contributed by atoms with E-state index in [1.54, 1.807) is 12.4 Å². The Kier molecular flexibility index (Phi) is 3.96. The summed E-state index contributed by atoms with van der Waals surface area (Å²) in [4.78, 5) is 4.07. The van der Waals surface area contributed by atoms with Crippen molar-refractivity contribution in [2.75, 3.05) is 0 Å². The van der Waals surface area contributed by atoms with E-state index in [9.17, 15) is 0 Å². The minimum atomic E-state index is 0.479. The van der Waals surface area contributed by atoms with Crippen LogP contribution in [0.15, 0.2) is 24.5 Å². The van der Waals surface area contributed by atoms with Gasteiger partial charge in [0, 0.05) is 24.0 Å². The first-order valence-corrected chi connectivity index (χ1v) is 7.77. The molecule has 0 bridgehead atoms. The van der Waals surface area contributed by atoms with E-state index in [0.29, 0.717) is 6.04 Å². The van der Waals surface area contributed by atoms with Crippen molar-refractivity contribution < 1.29 is 0 Å². The van der Waals surface area contributed by atoms with Crippen molar-refractivity contribution in [3.05, 3.63) is 29.3 Å². The van der Waals surface area contributed by atoms with Gasteiger partial charge in [0.2, 0.25) is 0 Å². The first kappa shape index (κ1) is 13.5. The molecule has 0 amide bonds. The van der Waals surface area contributed by atoms with Gasteiger partial charge in [-0.3, -0.25) is 14.6 Å². The fourth-order valence-corrected chi connectivity index (χ4v) is 3.44. The molecule has 1 aliphatic rings. The number of hydrogen-bond donors (Lipinski definition) is 1. The van der Waals surface area contributed by atoms with E-state index in [2.05, 4.69) is 26.7 Å². The fourth-order valence-electron chi connectivity index (χ4n) is 3.16. The molecule has 0 aliphatic heterocycles. The zero-order valence-corrected chi connectivity index (χ0v) is 12.6. The van der Waals surface area contributed by atoms with E-state index in [0.717, 1.165) is 22.1 Å². The summed E-state index contributed by atoms with van der Waals surface area (Å²) in [6.07, 6.45) is 9.88. The maximum absolute atomic E-state index is 5.44. The number of nitrogens with zero attached hydrogens (tertiary/aromatic N) is 3. The minimum Gasteiger partial charge on any atom is -0.297 e. The number of rotatable bonds is 3. The van der Waals surface area contributed by atoms with Crippen LogP contribution < -0.4 is 0 Å². The molecule has 0 aromatic carbocycles. The Hall–Kier alpha value is -1.49. The lowest BCUT2D eigenvalue weighted by Crippen LogP contribution is -2.18. The van der Waals surface area contributed by atoms with Crippen LogP contribution in [-0.2, 0) is 0 Å². The molecule has 106 valence electrons. The van der Waals surface area contributed by atoms with Gasteiger partial charge in [0.25, 0.3) is 0 Å². The highest BCUT2D eigenvalue weighted by molar-refractivity contribution is 7.71. The molecular weight excluding hydrogens is 268 g/mol. The van der Waals surface area contributed by atoms with Crippen LogP contribution >= 0.6 is 12.2 Å². The Morgan fingerprint density at radius 1 is 1.25 bits per heavy atom. The number of hydrogen-bond acceptors (Lipinski definition) is 3. The van der Waals surface area contributed by atoms with Gasteiger partial charge in [-0.05, 0) is 56.0 Å². The van der Waals surface area contributed by atoms with Gasteiger partial charge in [-0.2, -0.15) is 5.10 Å². The summed E-state index contributed by atoms with van der Waals surface area (Å²) in [6, 6.07) is 4.45. The van der Waals surface area contributed by atoms with Crippen molar-refractivity contribution in [1.29, 1.82) is 0 Å². The van der Waals surface area contributed by atoms with Crippen molar-refractivity contribution in [2.24, 2.45) is 5.92 Å². The van der Waals surface area contributed by atoms with Crippen LogP contribution in [0, 0.1) is 10.7 Å². The molecule has 0 atom stereocenters. The Balaban J connectivity index is 1.91. The van der Waals surface area contributed by atoms with Crippen LogP contribution in [0.4, 0.5) is 0 Å². The van der Waals surface area contributed by atoms with Crippen molar-refractivity contribution in [2.45, 2.75) is 45.1 Å². The summed E-state index contributed by atoms with van der Waals surface area (Å²) in [5.74, 6) is 1.83. The molecule has 0 unspecified atom stereocenters. The number of aromatic amines is 1. The van der Waals surface area contributed by atoms with E-state index in [1.807, 2.05) is 12.1 Å². The molecule has 2 heterocycles. The average Bonchev–Trinajstić information content (AvgIpc) is 2.90. The van der Waals surface area contributed by atoms with Gasteiger partial charge in [0.15, 0.2) is 10.6 Å². The van der Waals surface area contributed by atoms with Crippen molar-refractivity contribution in [3.63, 3.8) is 0 Å².